The largest absolute Gasteiger partial charge is 0.468 e. The van der Waals surface area contributed by atoms with E-state index in [0.29, 0.717) is 19.6 Å². The Morgan fingerprint density at radius 2 is 1.94 bits per heavy atom. The molecular formula is C10H19BrN2O3. The molecule has 1 atom stereocenters. The molecule has 0 heterocycles. The topological polar surface area (TPSA) is 49.9 Å². The normalized spacial score (nSPS) is 12.4. The maximum Gasteiger partial charge on any atom is 0.320 e. The molecule has 0 radical (unpaired) electrons. The van der Waals surface area contributed by atoms with Crippen LogP contribution in [0.25, 0.3) is 0 Å². The summed E-state index contributed by atoms with van der Waals surface area (Å²) in [6.45, 7) is 3.42. The minimum atomic E-state index is -0.396. The Hall–Kier alpha value is -0.620. The zero-order valence-corrected chi connectivity index (χ0v) is 11.8. The van der Waals surface area contributed by atoms with Gasteiger partial charge in [-0.15, -0.1) is 0 Å². The van der Waals surface area contributed by atoms with Crippen molar-refractivity contribution in [1.29, 1.82) is 0 Å². The molecule has 0 aromatic carbocycles. The van der Waals surface area contributed by atoms with E-state index in [-0.39, 0.29) is 11.9 Å². The van der Waals surface area contributed by atoms with E-state index in [4.69, 9.17) is 0 Å². The highest BCUT2D eigenvalue weighted by Crippen LogP contribution is 2.05. The zero-order chi connectivity index (χ0) is 12.7. The summed E-state index contributed by atoms with van der Waals surface area (Å²) in [6.07, 6.45) is 0. The molecular weight excluding hydrogens is 276 g/mol. The first kappa shape index (κ1) is 15.4. The van der Waals surface area contributed by atoms with E-state index >= 15 is 0 Å². The Morgan fingerprint density at radius 3 is 2.31 bits per heavy atom. The Bertz CT molecular complexity index is 246. The fourth-order valence-corrected chi connectivity index (χ4v) is 1.66. The molecule has 0 aliphatic carbocycles. The minimum absolute atomic E-state index is 0.0198. The van der Waals surface area contributed by atoms with Crippen molar-refractivity contribution in [2.45, 2.75) is 11.8 Å². The molecule has 0 aliphatic heterocycles. The van der Waals surface area contributed by atoms with Gasteiger partial charge in [-0.1, -0.05) is 22.9 Å². The Morgan fingerprint density at radius 1 is 1.38 bits per heavy atom. The van der Waals surface area contributed by atoms with Crippen LogP contribution in [0.15, 0.2) is 0 Å². The van der Waals surface area contributed by atoms with Crippen LogP contribution in [0.5, 0.6) is 0 Å². The maximum atomic E-state index is 11.5. The van der Waals surface area contributed by atoms with Gasteiger partial charge in [0.25, 0.3) is 0 Å². The Labute approximate surface area is 105 Å². The van der Waals surface area contributed by atoms with E-state index < -0.39 is 4.83 Å². The predicted molar refractivity (Wildman–Crippen MR) is 65.5 cm³/mol. The third kappa shape index (κ3) is 5.46. The first-order chi connectivity index (χ1) is 7.42. The summed E-state index contributed by atoms with van der Waals surface area (Å²) < 4.78 is 4.60. The molecule has 0 rings (SSSR count). The van der Waals surface area contributed by atoms with Gasteiger partial charge in [-0.3, -0.25) is 14.5 Å². The second kappa shape index (κ2) is 7.62. The first-order valence-corrected chi connectivity index (χ1v) is 5.98. The fraction of sp³-hybridized carbons (Fsp3) is 0.800. The van der Waals surface area contributed by atoms with Crippen molar-refractivity contribution < 1.29 is 14.3 Å². The molecule has 0 saturated heterocycles. The van der Waals surface area contributed by atoms with Crippen LogP contribution in [-0.2, 0) is 14.3 Å². The van der Waals surface area contributed by atoms with E-state index in [0.717, 1.165) is 0 Å². The first-order valence-electron chi connectivity index (χ1n) is 5.06. The Balaban J connectivity index is 4.20. The lowest BCUT2D eigenvalue weighted by atomic mass is 10.3. The van der Waals surface area contributed by atoms with Crippen LogP contribution in [0, 0.1) is 0 Å². The SMILES string of the molecule is CCN(CC(=O)N(C)C)CC(Br)C(=O)OC. The summed E-state index contributed by atoms with van der Waals surface area (Å²) in [6, 6.07) is 0. The lowest BCUT2D eigenvalue weighted by Gasteiger charge is -2.23. The van der Waals surface area contributed by atoms with Gasteiger partial charge < -0.3 is 9.64 Å². The number of alkyl halides is 1. The molecule has 1 amide bonds. The highest BCUT2D eigenvalue weighted by atomic mass is 79.9. The average Bonchev–Trinajstić information content (AvgIpc) is 2.26. The van der Waals surface area contributed by atoms with Crippen molar-refractivity contribution in [2.24, 2.45) is 0 Å². The number of ether oxygens (including phenoxy) is 1. The van der Waals surface area contributed by atoms with Gasteiger partial charge in [0, 0.05) is 20.6 Å². The lowest BCUT2D eigenvalue weighted by Crippen LogP contribution is -2.41. The molecule has 94 valence electrons. The fourth-order valence-electron chi connectivity index (χ4n) is 1.07. The van der Waals surface area contributed by atoms with E-state index in [1.807, 2.05) is 11.8 Å². The summed E-state index contributed by atoms with van der Waals surface area (Å²) in [5.41, 5.74) is 0. The number of carbonyl (C=O) groups excluding carboxylic acids is 2. The summed E-state index contributed by atoms with van der Waals surface area (Å²) in [4.78, 5) is 25.7. The van der Waals surface area contributed by atoms with Gasteiger partial charge in [0.2, 0.25) is 5.91 Å². The highest BCUT2D eigenvalue weighted by Gasteiger charge is 2.20. The molecule has 0 fully saturated rings. The number of methoxy groups -OCH3 is 1. The van der Waals surface area contributed by atoms with Gasteiger partial charge in [0.15, 0.2) is 0 Å². The number of esters is 1. The number of likely N-dealkylation sites (N-methyl/N-ethyl adjacent to an activating group) is 2. The van der Waals surface area contributed by atoms with Gasteiger partial charge >= 0.3 is 5.97 Å². The van der Waals surface area contributed by atoms with Gasteiger partial charge in [-0.25, -0.2) is 0 Å². The molecule has 0 aliphatic rings. The molecule has 0 N–H and O–H groups in total. The van der Waals surface area contributed by atoms with Crippen LogP contribution in [0.3, 0.4) is 0 Å². The van der Waals surface area contributed by atoms with E-state index in [1.54, 1.807) is 14.1 Å². The monoisotopic (exact) mass is 294 g/mol. The van der Waals surface area contributed by atoms with Crippen LogP contribution in [0.1, 0.15) is 6.92 Å². The summed E-state index contributed by atoms with van der Waals surface area (Å²) >= 11 is 3.23. The van der Waals surface area contributed by atoms with Crippen molar-refractivity contribution in [1.82, 2.24) is 9.80 Å². The number of nitrogens with zero attached hydrogens (tertiary/aromatic N) is 2. The third-order valence-electron chi connectivity index (χ3n) is 2.18. The summed E-state index contributed by atoms with van der Waals surface area (Å²) in [5.74, 6) is -0.304. The number of halogens is 1. The van der Waals surface area contributed by atoms with Crippen LogP contribution in [0.4, 0.5) is 0 Å². The third-order valence-corrected chi connectivity index (χ3v) is 2.84. The summed E-state index contributed by atoms with van der Waals surface area (Å²) in [7, 11) is 4.77. The molecule has 0 aromatic heterocycles. The van der Waals surface area contributed by atoms with Crippen LogP contribution in [0.2, 0.25) is 0 Å². The smallest absolute Gasteiger partial charge is 0.320 e. The summed E-state index contributed by atoms with van der Waals surface area (Å²) in [5, 5.41) is 0. The number of hydrogen-bond donors (Lipinski definition) is 0. The van der Waals surface area contributed by atoms with Gasteiger partial charge in [0.1, 0.15) is 4.83 Å². The maximum absolute atomic E-state index is 11.5. The number of hydrogen-bond acceptors (Lipinski definition) is 4. The molecule has 0 bridgehead atoms. The lowest BCUT2D eigenvalue weighted by molar-refractivity contribution is -0.140. The second-order valence-corrected chi connectivity index (χ2v) is 4.71. The van der Waals surface area contributed by atoms with E-state index in [2.05, 4.69) is 20.7 Å². The van der Waals surface area contributed by atoms with Gasteiger partial charge in [0.05, 0.1) is 13.7 Å². The number of carbonyl (C=O) groups is 2. The average molecular weight is 295 g/mol. The molecule has 5 nitrogen and oxygen atoms in total. The van der Waals surface area contributed by atoms with Crippen LogP contribution in [-0.4, -0.2) is 67.3 Å². The molecule has 0 aromatic rings. The van der Waals surface area contributed by atoms with Crippen molar-refractivity contribution in [3.05, 3.63) is 0 Å². The zero-order valence-electron chi connectivity index (χ0n) is 10.2. The van der Waals surface area contributed by atoms with Crippen molar-refractivity contribution >= 4 is 27.8 Å². The molecule has 16 heavy (non-hydrogen) atoms. The predicted octanol–water partition coefficient (Wildman–Crippen LogP) is 0.333. The van der Waals surface area contributed by atoms with Gasteiger partial charge in [-0.05, 0) is 6.54 Å². The van der Waals surface area contributed by atoms with Crippen molar-refractivity contribution in [3.8, 4) is 0 Å². The van der Waals surface area contributed by atoms with E-state index in [9.17, 15) is 9.59 Å². The van der Waals surface area contributed by atoms with Crippen molar-refractivity contribution in [2.75, 3.05) is 40.8 Å². The molecule has 0 saturated carbocycles. The highest BCUT2D eigenvalue weighted by molar-refractivity contribution is 9.10. The van der Waals surface area contributed by atoms with E-state index in [1.165, 1.54) is 12.0 Å². The molecule has 1 unspecified atom stereocenters. The standard InChI is InChI=1S/C10H19BrN2O3/c1-5-13(7-9(14)12(2)3)6-8(11)10(15)16-4/h8H,5-7H2,1-4H3. The van der Waals surface area contributed by atoms with Crippen molar-refractivity contribution in [3.63, 3.8) is 0 Å². The van der Waals surface area contributed by atoms with Gasteiger partial charge in [-0.2, -0.15) is 0 Å². The quantitative estimate of drug-likeness (QED) is 0.523. The molecule has 6 heteroatoms. The minimum Gasteiger partial charge on any atom is -0.468 e. The number of rotatable bonds is 6. The Kier molecular flexibility index (Phi) is 7.33. The van der Waals surface area contributed by atoms with Crippen LogP contribution < -0.4 is 0 Å². The van der Waals surface area contributed by atoms with Crippen LogP contribution >= 0.6 is 15.9 Å². The number of amides is 1. The molecule has 0 spiro atoms. The second-order valence-electron chi connectivity index (χ2n) is 3.61.